The van der Waals surface area contributed by atoms with Crippen molar-refractivity contribution in [1.82, 2.24) is 15.2 Å². The standard InChI is InChI=1S/C17H18FN3O2/c18-14-4-1-3-13(9-14)16-11-20-7-8-21(16)17(22)12-23-15-5-2-6-19-10-15/h1-6,9-10,16,20H,7-8,11-12H2. The number of aromatic nitrogens is 1. The van der Waals surface area contributed by atoms with Crippen molar-refractivity contribution in [3.63, 3.8) is 0 Å². The van der Waals surface area contributed by atoms with Crippen LogP contribution in [0.5, 0.6) is 5.75 Å². The topological polar surface area (TPSA) is 54.5 Å². The summed E-state index contributed by atoms with van der Waals surface area (Å²) in [7, 11) is 0. The van der Waals surface area contributed by atoms with E-state index in [1.54, 1.807) is 35.5 Å². The van der Waals surface area contributed by atoms with Gasteiger partial charge in [-0.25, -0.2) is 4.39 Å². The molecule has 1 aromatic heterocycles. The van der Waals surface area contributed by atoms with E-state index in [4.69, 9.17) is 4.74 Å². The Balaban J connectivity index is 1.69. The zero-order valence-electron chi connectivity index (χ0n) is 12.6. The first-order valence-electron chi connectivity index (χ1n) is 7.52. The van der Waals surface area contributed by atoms with E-state index in [2.05, 4.69) is 10.3 Å². The van der Waals surface area contributed by atoms with Crippen LogP contribution in [0.2, 0.25) is 0 Å². The molecule has 3 rings (SSSR count). The van der Waals surface area contributed by atoms with Crippen LogP contribution < -0.4 is 10.1 Å². The summed E-state index contributed by atoms with van der Waals surface area (Å²) >= 11 is 0. The van der Waals surface area contributed by atoms with Crippen molar-refractivity contribution < 1.29 is 13.9 Å². The van der Waals surface area contributed by atoms with Crippen molar-refractivity contribution >= 4 is 5.91 Å². The fraction of sp³-hybridized carbons (Fsp3) is 0.294. The molecule has 1 saturated heterocycles. The lowest BCUT2D eigenvalue weighted by Crippen LogP contribution is -2.50. The van der Waals surface area contributed by atoms with E-state index in [0.29, 0.717) is 25.4 Å². The van der Waals surface area contributed by atoms with Gasteiger partial charge in [-0.2, -0.15) is 0 Å². The molecule has 1 fully saturated rings. The van der Waals surface area contributed by atoms with Crippen molar-refractivity contribution in [2.75, 3.05) is 26.2 Å². The number of carbonyl (C=O) groups excluding carboxylic acids is 1. The molecule has 1 aliphatic heterocycles. The predicted molar refractivity (Wildman–Crippen MR) is 83.5 cm³/mol. The van der Waals surface area contributed by atoms with E-state index in [1.165, 1.54) is 12.1 Å². The number of pyridine rings is 1. The largest absolute Gasteiger partial charge is 0.482 e. The van der Waals surface area contributed by atoms with Gasteiger partial charge >= 0.3 is 0 Å². The van der Waals surface area contributed by atoms with Crippen molar-refractivity contribution in [3.8, 4) is 5.75 Å². The van der Waals surface area contributed by atoms with Gasteiger partial charge in [0.25, 0.3) is 5.91 Å². The Labute approximate surface area is 134 Å². The van der Waals surface area contributed by atoms with Crippen molar-refractivity contribution in [2.24, 2.45) is 0 Å². The Hall–Kier alpha value is -2.47. The average molecular weight is 315 g/mol. The van der Waals surface area contributed by atoms with E-state index in [0.717, 1.165) is 5.56 Å². The molecule has 0 saturated carbocycles. The smallest absolute Gasteiger partial charge is 0.261 e. The minimum atomic E-state index is -0.299. The third-order valence-electron chi connectivity index (χ3n) is 3.79. The molecule has 0 spiro atoms. The summed E-state index contributed by atoms with van der Waals surface area (Å²) < 4.78 is 18.9. The van der Waals surface area contributed by atoms with Crippen LogP contribution >= 0.6 is 0 Å². The highest BCUT2D eigenvalue weighted by atomic mass is 19.1. The van der Waals surface area contributed by atoms with Gasteiger partial charge in [-0.15, -0.1) is 0 Å². The molecule has 1 amide bonds. The summed E-state index contributed by atoms with van der Waals surface area (Å²) in [4.78, 5) is 18.2. The maximum atomic E-state index is 13.5. The molecular formula is C17H18FN3O2. The molecule has 1 atom stereocenters. The molecule has 2 aromatic rings. The number of hydrogen-bond donors (Lipinski definition) is 1. The number of halogens is 1. The highest BCUT2D eigenvalue weighted by Gasteiger charge is 2.28. The second-order valence-corrected chi connectivity index (χ2v) is 5.34. The van der Waals surface area contributed by atoms with Gasteiger partial charge < -0.3 is 15.0 Å². The van der Waals surface area contributed by atoms with Crippen molar-refractivity contribution in [3.05, 3.63) is 60.2 Å². The monoisotopic (exact) mass is 315 g/mol. The minimum Gasteiger partial charge on any atom is -0.482 e. The summed E-state index contributed by atoms with van der Waals surface area (Å²) in [6.45, 7) is 1.82. The lowest BCUT2D eigenvalue weighted by molar-refractivity contribution is -0.136. The molecule has 0 aliphatic carbocycles. The maximum Gasteiger partial charge on any atom is 0.261 e. The maximum absolute atomic E-state index is 13.5. The number of nitrogens with zero attached hydrogens (tertiary/aromatic N) is 2. The molecule has 6 heteroatoms. The van der Waals surface area contributed by atoms with Gasteiger partial charge in [0.2, 0.25) is 0 Å². The number of ether oxygens (including phenoxy) is 1. The van der Waals surface area contributed by atoms with Gasteiger partial charge in [-0.1, -0.05) is 12.1 Å². The normalized spacial score (nSPS) is 17.8. The zero-order chi connectivity index (χ0) is 16.1. The zero-order valence-corrected chi connectivity index (χ0v) is 12.6. The molecule has 1 unspecified atom stereocenters. The van der Waals surface area contributed by atoms with Gasteiger partial charge in [0.05, 0.1) is 12.2 Å². The van der Waals surface area contributed by atoms with Crippen LogP contribution in [0.4, 0.5) is 4.39 Å². The lowest BCUT2D eigenvalue weighted by atomic mass is 10.0. The molecule has 5 nitrogen and oxygen atoms in total. The van der Waals surface area contributed by atoms with E-state index >= 15 is 0 Å². The number of benzene rings is 1. The summed E-state index contributed by atoms with van der Waals surface area (Å²) in [6, 6.07) is 9.68. The highest BCUT2D eigenvalue weighted by molar-refractivity contribution is 5.78. The van der Waals surface area contributed by atoms with Crippen LogP contribution in [0, 0.1) is 5.82 Å². The van der Waals surface area contributed by atoms with Crippen molar-refractivity contribution in [2.45, 2.75) is 6.04 Å². The van der Waals surface area contributed by atoms with E-state index < -0.39 is 0 Å². The molecule has 120 valence electrons. The molecule has 1 N–H and O–H groups in total. The number of carbonyl (C=O) groups is 1. The summed E-state index contributed by atoms with van der Waals surface area (Å²) in [5.41, 5.74) is 0.784. The molecular weight excluding hydrogens is 297 g/mol. The summed E-state index contributed by atoms with van der Waals surface area (Å²) in [5.74, 6) is 0.134. The minimum absolute atomic E-state index is 0.0580. The molecule has 0 radical (unpaired) electrons. The SMILES string of the molecule is O=C(COc1cccnc1)N1CCNCC1c1cccc(F)c1. The van der Waals surface area contributed by atoms with Crippen LogP contribution in [0.25, 0.3) is 0 Å². The van der Waals surface area contributed by atoms with Crippen LogP contribution in [0.3, 0.4) is 0 Å². The first-order chi connectivity index (χ1) is 11.2. The van der Waals surface area contributed by atoms with Gasteiger partial charge in [-0.3, -0.25) is 9.78 Å². The van der Waals surface area contributed by atoms with Crippen LogP contribution in [-0.4, -0.2) is 42.0 Å². The highest BCUT2D eigenvalue weighted by Crippen LogP contribution is 2.23. The quantitative estimate of drug-likeness (QED) is 0.934. The van der Waals surface area contributed by atoms with Gasteiger partial charge in [0, 0.05) is 25.8 Å². The number of nitrogens with one attached hydrogen (secondary N) is 1. The molecule has 0 bridgehead atoms. The van der Waals surface area contributed by atoms with Crippen LogP contribution in [0.1, 0.15) is 11.6 Å². The molecule has 23 heavy (non-hydrogen) atoms. The van der Waals surface area contributed by atoms with Crippen LogP contribution in [0.15, 0.2) is 48.8 Å². The Kier molecular flexibility index (Phi) is 4.83. The van der Waals surface area contributed by atoms with Gasteiger partial charge in [0.15, 0.2) is 6.61 Å². The third-order valence-corrected chi connectivity index (χ3v) is 3.79. The van der Waals surface area contributed by atoms with Crippen LogP contribution in [-0.2, 0) is 4.79 Å². The Morgan fingerprint density at radius 1 is 1.39 bits per heavy atom. The average Bonchev–Trinajstić information content (AvgIpc) is 2.60. The first kappa shape index (κ1) is 15.4. The number of rotatable bonds is 4. The Morgan fingerprint density at radius 2 is 2.30 bits per heavy atom. The lowest BCUT2D eigenvalue weighted by Gasteiger charge is -2.36. The fourth-order valence-corrected chi connectivity index (χ4v) is 2.67. The molecule has 2 heterocycles. The number of piperazine rings is 1. The summed E-state index contributed by atoms with van der Waals surface area (Å²) in [5, 5.41) is 3.24. The van der Waals surface area contributed by atoms with Crippen molar-refractivity contribution in [1.29, 1.82) is 0 Å². The van der Waals surface area contributed by atoms with E-state index in [-0.39, 0.29) is 24.4 Å². The van der Waals surface area contributed by atoms with Gasteiger partial charge in [-0.05, 0) is 29.8 Å². The Bertz CT molecular complexity index is 666. The van der Waals surface area contributed by atoms with E-state index in [9.17, 15) is 9.18 Å². The van der Waals surface area contributed by atoms with Gasteiger partial charge in [0.1, 0.15) is 11.6 Å². The molecule has 1 aromatic carbocycles. The second-order valence-electron chi connectivity index (χ2n) is 5.34. The Morgan fingerprint density at radius 3 is 3.09 bits per heavy atom. The number of amides is 1. The predicted octanol–water partition coefficient (Wildman–Crippen LogP) is 1.77. The fourth-order valence-electron chi connectivity index (χ4n) is 2.67. The molecule has 1 aliphatic rings. The third kappa shape index (κ3) is 3.84. The summed E-state index contributed by atoms with van der Waals surface area (Å²) in [6.07, 6.45) is 3.21. The second kappa shape index (κ2) is 7.19. The first-order valence-corrected chi connectivity index (χ1v) is 7.52. The number of hydrogen-bond acceptors (Lipinski definition) is 4. The van der Waals surface area contributed by atoms with E-state index in [1.807, 2.05) is 6.07 Å².